The third kappa shape index (κ3) is 16.4. The van der Waals surface area contributed by atoms with Crippen LogP contribution in [-0.4, -0.2) is 127 Å². The van der Waals surface area contributed by atoms with Crippen molar-refractivity contribution in [2.24, 2.45) is 0 Å². The molecule has 0 aliphatic rings. The van der Waals surface area contributed by atoms with Gasteiger partial charge in [0.1, 0.15) is 6.51 Å². The molecule has 470 valence electrons. The average Bonchev–Trinajstić information content (AvgIpc) is 3.07. The lowest BCUT2D eigenvalue weighted by Crippen LogP contribution is -2.74. The quantitative estimate of drug-likeness (QED) is 0.0687. The molecule has 2 rings (SSSR count). The van der Waals surface area contributed by atoms with Crippen LogP contribution in [0, 0.1) is 0 Å². The van der Waals surface area contributed by atoms with E-state index in [9.17, 15) is 0 Å². The molecule has 0 saturated carbocycles. The summed E-state index contributed by atoms with van der Waals surface area (Å²) in [6, 6.07) is 14.1. The van der Waals surface area contributed by atoms with Crippen molar-refractivity contribution in [3.8, 4) is 0 Å². The van der Waals surface area contributed by atoms with Crippen molar-refractivity contribution >= 4 is 153 Å². The van der Waals surface area contributed by atoms with E-state index < -0.39 is 127 Å². The van der Waals surface area contributed by atoms with Crippen molar-refractivity contribution in [3.05, 3.63) is 57.6 Å². The third-order valence-electron chi connectivity index (χ3n) is 19.8. The Hall–Kier alpha value is 2.39. The average molecular weight is 1440 g/mol. The largest absolute Gasteiger partial charge is 0.110 e. The van der Waals surface area contributed by atoms with Crippen LogP contribution in [0.5, 0.6) is 0 Å². The Balaban J connectivity index is 4.51. The lowest BCUT2D eigenvalue weighted by atomic mass is 10.1. The third-order valence-corrected chi connectivity index (χ3v) is 112. The molecule has 17 heteroatoms. The molecule has 0 unspecified atom stereocenters. The minimum absolute atomic E-state index is 0.312. The van der Waals surface area contributed by atoms with E-state index in [-0.39, 0.29) is 0 Å². The van der Waals surface area contributed by atoms with E-state index in [1.54, 1.807) is 0 Å². The summed E-state index contributed by atoms with van der Waals surface area (Å²) in [6.45, 7) is 120. The smallest absolute Gasteiger partial charge is 0.0980 e. The van der Waals surface area contributed by atoms with Crippen LogP contribution in [0.15, 0.2) is 24.3 Å². The van der Waals surface area contributed by atoms with Crippen LogP contribution in [0.3, 0.4) is 0 Å². The molecule has 0 aliphatic carbocycles. The molecule has 0 fully saturated rings. The SMILES string of the molecule is CCCC/[Si](c1c(C([Si](C)(C)C)[Si](C)(C)C)cc(C([Si](C)(C)C)([Si](C)(C)C)[Si](C)(C)C)cc1C([Si](C)(C)C)[Si](C)(C)C)=[Si](\Br)c1c(C([Si](C)(C)C)[Si](C)(C)C)cc(C([Si](C)(C)C)([Si](C)(C)C)[Si](C)(C)C)cc1C([Si](C)(C)C)[Si](C)(C)C. The van der Waals surface area contributed by atoms with Crippen molar-refractivity contribution < 1.29 is 0 Å². The van der Waals surface area contributed by atoms with Crippen molar-refractivity contribution in [3.63, 3.8) is 0 Å². The summed E-state index contributed by atoms with van der Waals surface area (Å²) < 4.78 is 0.628. The van der Waals surface area contributed by atoms with Crippen molar-refractivity contribution in [2.45, 2.75) is 330 Å². The highest BCUT2D eigenvalue weighted by Gasteiger charge is 2.63. The molecule has 0 amide bonds. The Bertz CT molecular complexity index is 2300. The van der Waals surface area contributed by atoms with Gasteiger partial charge in [-0.3, -0.25) is 0 Å². The van der Waals surface area contributed by atoms with Gasteiger partial charge in [-0.05, 0) is 79.0 Å². The number of hydrogen-bond donors (Lipinski definition) is 0. The molecule has 0 saturated heterocycles. The van der Waals surface area contributed by atoms with Gasteiger partial charge in [0.2, 0.25) is 0 Å². The van der Waals surface area contributed by atoms with E-state index in [4.69, 9.17) is 15.3 Å². The predicted molar refractivity (Wildman–Crippen MR) is 433 cm³/mol. The normalized spacial score (nSPS) is 16.0. The van der Waals surface area contributed by atoms with Gasteiger partial charge in [0, 0.05) is 121 Å². The van der Waals surface area contributed by atoms with Crippen LogP contribution >= 0.6 is 15.3 Å². The Kier molecular flexibility index (Phi) is 24.7. The van der Waals surface area contributed by atoms with Gasteiger partial charge in [0.15, 0.2) is 0 Å². The van der Waals surface area contributed by atoms with Crippen LogP contribution < -0.4 is 10.4 Å². The summed E-state index contributed by atoms with van der Waals surface area (Å²) in [5, 5.41) is 6.76. The fourth-order valence-electron chi connectivity index (χ4n) is 22.4. The minimum Gasteiger partial charge on any atom is -0.0980 e. The van der Waals surface area contributed by atoms with E-state index in [1.807, 2.05) is 43.8 Å². The first-order valence-corrected chi connectivity index (χ1v) is 88.9. The molecule has 0 aliphatic heterocycles. The molecule has 2 aromatic rings. The molecule has 0 nitrogen and oxygen atoms in total. The highest BCUT2D eigenvalue weighted by Crippen LogP contribution is 2.54. The van der Waals surface area contributed by atoms with Crippen molar-refractivity contribution in [1.29, 1.82) is 0 Å². The first kappa shape index (κ1) is 79.5. The minimum atomic E-state index is -1.86. The number of halogens is 1. The van der Waals surface area contributed by atoms with Crippen LogP contribution in [-0.2, 0) is 8.57 Å². The summed E-state index contributed by atoms with van der Waals surface area (Å²) in [6.07, 6.45) is 2.62. The van der Waals surface area contributed by atoms with E-state index >= 15 is 0 Å². The summed E-state index contributed by atoms with van der Waals surface area (Å²) >= 11 is 5.44. The van der Waals surface area contributed by atoms with E-state index in [1.165, 1.54) is 18.9 Å². The van der Waals surface area contributed by atoms with Crippen LogP contribution in [0.2, 0.25) is 281 Å². The van der Waals surface area contributed by atoms with Gasteiger partial charge < -0.3 is 0 Å². The summed E-state index contributed by atoms with van der Waals surface area (Å²) in [5.41, 5.74) is 11.5. The molecule has 0 heterocycles. The Labute approximate surface area is 535 Å². The van der Waals surface area contributed by atoms with Gasteiger partial charge in [0.05, 0.1) is 0 Å². The van der Waals surface area contributed by atoms with Gasteiger partial charge in [-0.15, -0.1) is 0 Å². The first-order valence-electron chi connectivity index (χ1n) is 32.8. The zero-order valence-corrected chi connectivity index (χ0v) is 80.7. The van der Waals surface area contributed by atoms with Gasteiger partial charge >= 0.3 is 0 Å². The number of hydrogen-bond acceptors (Lipinski definition) is 0. The molecule has 0 N–H and O–H groups in total. The summed E-state index contributed by atoms with van der Waals surface area (Å²) in [4.78, 5) is 0. The molecule has 0 radical (unpaired) electrons. The zero-order valence-electron chi connectivity index (χ0n) is 63.1. The van der Waals surface area contributed by atoms with Gasteiger partial charge in [0.25, 0.3) is 0 Å². The molecule has 2 aromatic carbocycles. The predicted octanol–water partition coefficient (Wildman–Crippen LogP) is 22.7. The molecule has 0 spiro atoms. The second-order valence-corrected chi connectivity index (χ2v) is 132. The van der Waals surface area contributed by atoms with Gasteiger partial charge in [-0.1, -0.05) is 334 Å². The number of unbranched alkanes of at least 4 members (excludes halogenated alkanes) is 1. The lowest BCUT2D eigenvalue weighted by Gasteiger charge is -2.60. The second-order valence-electron chi connectivity index (χ2n) is 41.6. The molecule has 81 heavy (non-hydrogen) atoms. The van der Waals surface area contributed by atoms with Gasteiger partial charge in [-0.2, -0.15) is 0 Å². The topological polar surface area (TPSA) is 0 Å². The molecular formula is C64H143BrSi16. The lowest BCUT2D eigenvalue weighted by molar-refractivity contribution is 0.879. The van der Waals surface area contributed by atoms with Crippen LogP contribution in [0.25, 0.3) is 0 Å². The molecule has 0 bridgehead atoms. The second kappa shape index (κ2) is 25.1. The maximum absolute atomic E-state index is 5.44. The fraction of sp³-hybridized carbons (Fsp3) is 0.812. The molecular weight excluding hydrogens is 1300 g/mol. The highest BCUT2D eigenvalue weighted by atomic mass is 79.9. The van der Waals surface area contributed by atoms with Crippen molar-refractivity contribution in [1.82, 2.24) is 0 Å². The number of rotatable bonds is 25. The van der Waals surface area contributed by atoms with Crippen molar-refractivity contribution in [2.75, 3.05) is 0 Å². The first-order chi connectivity index (χ1) is 35.0. The molecule has 0 aromatic heterocycles. The Morgan fingerprint density at radius 2 is 0.481 bits per heavy atom. The van der Waals surface area contributed by atoms with E-state index in [0.717, 1.165) is 0 Å². The maximum Gasteiger partial charge on any atom is 0.110 e. The van der Waals surface area contributed by atoms with Crippen LogP contribution in [0.4, 0.5) is 0 Å². The fourth-order valence-corrected chi connectivity index (χ4v) is 148. The molecule has 0 atom stereocenters. The van der Waals surface area contributed by atoms with Crippen LogP contribution in [0.1, 0.15) is 73.8 Å². The van der Waals surface area contributed by atoms with Gasteiger partial charge in [-0.25, -0.2) is 0 Å². The Morgan fingerprint density at radius 3 is 0.630 bits per heavy atom. The summed E-state index contributed by atoms with van der Waals surface area (Å²) in [5.74, 6) is 0. The number of benzene rings is 2. The standard InChI is InChI=1S/C64H143BrSi16/c1-44-45-46-66(57-53(59(68(2,3)4)69(5,6)7)47-51(48-54(57)60(70(8,9)10)71(11,12)13)63(76(26,27)28,77(29,30)31)78(32,33)34)67(65)58-55(61(72(14,15)16)73(17,18)19)49-52(50-56(58)62(74(20,21)22)75(23,24)25)64(79(35,36)37,80(38,39)40)81(41,42)43/h47-50,59-62H,44-46H2,1-43H3/b67-66+. The van der Waals surface area contributed by atoms with E-state index in [2.05, 4.69) is 306 Å². The summed E-state index contributed by atoms with van der Waals surface area (Å²) in [7, 11) is -27.1. The zero-order chi connectivity index (χ0) is 65.0. The van der Waals surface area contributed by atoms with E-state index in [0.29, 0.717) is 29.2 Å². The monoisotopic (exact) mass is 1440 g/mol. The Morgan fingerprint density at radius 1 is 0.309 bits per heavy atom. The highest BCUT2D eigenvalue weighted by molar-refractivity contribution is 9.25. The maximum atomic E-state index is 5.44.